The highest BCUT2D eigenvalue weighted by Crippen LogP contribution is 2.16. The van der Waals surface area contributed by atoms with Crippen LogP contribution >= 0.6 is 0 Å². The zero-order chi connectivity index (χ0) is 16.0. The minimum atomic E-state index is -0.902. The fourth-order valence-electron chi connectivity index (χ4n) is 2.40. The molecule has 0 radical (unpaired) electrons. The second-order valence-corrected chi connectivity index (χ2v) is 5.42. The van der Waals surface area contributed by atoms with Gasteiger partial charge < -0.3 is 15.3 Å². The Labute approximate surface area is 126 Å². The highest BCUT2D eigenvalue weighted by molar-refractivity contribution is 5.75. The Morgan fingerprint density at radius 3 is 2.29 bits per heavy atom. The number of nitrogens with one attached hydrogen (secondary N) is 1. The number of carbonyl (C=O) groups is 2. The van der Waals surface area contributed by atoms with Gasteiger partial charge in [0.2, 0.25) is 0 Å². The number of hydrogen-bond donors (Lipinski definition) is 2. The summed E-state index contributed by atoms with van der Waals surface area (Å²) in [6.45, 7) is 6.99. The Bertz CT molecular complexity index is 503. The summed E-state index contributed by atoms with van der Waals surface area (Å²) in [4.78, 5) is 23.7. The van der Waals surface area contributed by atoms with Crippen molar-refractivity contribution >= 4 is 12.0 Å². The monoisotopic (exact) mass is 292 g/mol. The SMILES string of the molecule is Cc1cc(C)c(CCNC(=O)N(C)CCC(=O)O)c(C)c1. The molecule has 2 amide bonds. The van der Waals surface area contributed by atoms with Crippen LogP contribution in [0.25, 0.3) is 0 Å². The minimum absolute atomic E-state index is 0.0416. The molecule has 1 aromatic carbocycles. The van der Waals surface area contributed by atoms with Gasteiger partial charge >= 0.3 is 12.0 Å². The van der Waals surface area contributed by atoms with E-state index >= 15 is 0 Å². The minimum Gasteiger partial charge on any atom is -0.481 e. The third-order valence-corrected chi connectivity index (χ3v) is 3.50. The van der Waals surface area contributed by atoms with Gasteiger partial charge in [-0.3, -0.25) is 4.79 Å². The van der Waals surface area contributed by atoms with Crippen LogP contribution in [-0.4, -0.2) is 42.1 Å². The van der Waals surface area contributed by atoms with Crippen LogP contribution in [0.3, 0.4) is 0 Å². The zero-order valence-electron chi connectivity index (χ0n) is 13.2. The molecular weight excluding hydrogens is 268 g/mol. The van der Waals surface area contributed by atoms with Gasteiger partial charge in [-0.05, 0) is 43.9 Å². The fourth-order valence-corrected chi connectivity index (χ4v) is 2.40. The Morgan fingerprint density at radius 2 is 1.76 bits per heavy atom. The van der Waals surface area contributed by atoms with E-state index in [2.05, 4.69) is 38.2 Å². The number of benzene rings is 1. The molecule has 0 atom stereocenters. The molecule has 0 aromatic heterocycles. The zero-order valence-corrected chi connectivity index (χ0v) is 13.2. The average molecular weight is 292 g/mol. The standard InChI is InChI=1S/C16H24N2O3/c1-11-9-12(2)14(13(3)10-11)5-7-17-16(21)18(4)8-6-15(19)20/h9-10H,5-8H2,1-4H3,(H,17,21)(H,19,20). The quantitative estimate of drug-likeness (QED) is 0.845. The van der Waals surface area contributed by atoms with Crippen LogP contribution in [0.2, 0.25) is 0 Å². The molecular formula is C16H24N2O3. The lowest BCUT2D eigenvalue weighted by molar-refractivity contribution is -0.137. The summed E-state index contributed by atoms with van der Waals surface area (Å²) in [7, 11) is 1.60. The van der Waals surface area contributed by atoms with Gasteiger partial charge in [0.15, 0.2) is 0 Å². The Morgan fingerprint density at radius 1 is 1.19 bits per heavy atom. The predicted octanol–water partition coefficient (Wildman–Crippen LogP) is 2.27. The molecule has 0 saturated heterocycles. The number of aliphatic carboxylic acids is 1. The van der Waals surface area contributed by atoms with E-state index in [1.807, 2.05) is 0 Å². The Kier molecular flexibility index (Phi) is 6.21. The summed E-state index contributed by atoms with van der Waals surface area (Å²) in [5.74, 6) is -0.902. The molecule has 0 saturated carbocycles. The molecule has 2 N–H and O–H groups in total. The summed E-state index contributed by atoms with van der Waals surface area (Å²) in [6, 6.07) is 4.05. The summed E-state index contributed by atoms with van der Waals surface area (Å²) >= 11 is 0. The second-order valence-electron chi connectivity index (χ2n) is 5.42. The lowest BCUT2D eigenvalue weighted by Gasteiger charge is -2.17. The molecule has 116 valence electrons. The van der Waals surface area contributed by atoms with Gasteiger partial charge in [-0.1, -0.05) is 17.7 Å². The van der Waals surface area contributed by atoms with Crippen molar-refractivity contribution in [3.05, 3.63) is 34.4 Å². The van der Waals surface area contributed by atoms with Crippen molar-refractivity contribution in [2.75, 3.05) is 20.1 Å². The number of rotatable bonds is 6. The first-order valence-electron chi connectivity index (χ1n) is 7.08. The number of amides is 2. The van der Waals surface area contributed by atoms with Crippen LogP contribution in [0.5, 0.6) is 0 Å². The van der Waals surface area contributed by atoms with E-state index in [1.165, 1.54) is 27.2 Å². The third kappa shape index (κ3) is 5.45. The van der Waals surface area contributed by atoms with Crippen LogP contribution < -0.4 is 5.32 Å². The number of carbonyl (C=O) groups excluding carboxylic acids is 1. The first kappa shape index (κ1) is 17.0. The van der Waals surface area contributed by atoms with E-state index in [9.17, 15) is 9.59 Å². The highest BCUT2D eigenvalue weighted by Gasteiger charge is 2.10. The smallest absolute Gasteiger partial charge is 0.317 e. The summed E-state index contributed by atoms with van der Waals surface area (Å²) < 4.78 is 0. The maximum absolute atomic E-state index is 11.8. The molecule has 5 heteroatoms. The largest absolute Gasteiger partial charge is 0.481 e. The molecule has 1 aromatic rings. The van der Waals surface area contributed by atoms with Crippen molar-refractivity contribution in [1.29, 1.82) is 0 Å². The van der Waals surface area contributed by atoms with Crippen molar-refractivity contribution in [2.45, 2.75) is 33.6 Å². The topological polar surface area (TPSA) is 69.6 Å². The van der Waals surface area contributed by atoms with E-state index in [-0.39, 0.29) is 19.0 Å². The molecule has 1 rings (SSSR count). The first-order valence-corrected chi connectivity index (χ1v) is 7.08. The molecule has 5 nitrogen and oxygen atoms in total. The molecule has 0 aliphatic carbocycles. The van der Waals surface area contributed by atoms with Crippen LogP contribution in [0, 0.1) is 20.8 Å². The lowest BCUT2D eigenvalue weighted by atomic mass is 9.97. The number of aryl methyl sites for hydroxylation is 3. The van der Waals surface area contributed by atoms with Crippen LogP contribution in [0.15, 0.2) is 12.1 Å². The van der Waals surface area contributed by atoms with Crippen LogP contribution in [0.1, 0.15) is 28.7 Å². The Hall–Kier alpha value is -2.04. The lowest BCUT2D eigenvalue weighted by Crippen LogP contribution is -2.39. The molecule has 0 spiro atoms. The van der Waals surface area contributed by atoms with Crippen molar-refractivity contribution in [3.8, 4) is 0 Å². The van der Waals surface area contributed by atoms with Gasteiger partial charge in [-0.25, -0.2) is 4.79 Å². The molecule has 0 heterocycles. The number of carboxylic acids is 1. The number of carboxylic acid groups (broad SMARTS) is 1. The fraction of sp³-hybridized carbons (Fsp3) is 0.500. The maximum Gasteiger partial charge on any atom is 0.317 e. The second kappa shape index (κ2) is 7.67. The molecule has 21 heavy (non-hydrogen) atoms. The summed E-state index contributed by atoms with van der Waals surface area (Å²) in [6.07, 6.45) is 0.733. The van der Waals surface area contributed by atoms with E-state index in [0.29, 0.717) is 6.54 Å². The van der Waals surface area contributed by atoms with E-state index in [0.717, 1.165) is 6.42 Å². The van der Waals surface area contributed by atoms with Crippen molar-refractivity contribution in [3.63, 3.8) is 0 Å². The summed E-state index contributed by atoms with van der Waals surface area (Å²) in [5, 5.41) is 11.4. The van der Waals surface area contributed by atoms with Gasteiger partial charge in [-0.15, -0.1) is 0 Å². The molecule has 0 aliphatic rings. The average Bonchev–Trinajstić information content (AvgIpc) is 2.38. The normalized spacial score (nSPS) is 10.3. The first-order chi connectivity index (χ1) is 9.81. The Balaban J connectivity index is 2.46. The molecule has 0 unspecified atom stereocenters. The van der Waals surface area contributed by atoms with Crippen molar-refractivity contribution in [2.24, 2.45) is 0 Å². The number of urea groups is 1. The van der Waals surface area contributed by atoms with Crippen molar-refractivity contribution < 1.29 is 14.7 Å². The summed E-state index contributed by atoms with van der Waals surface area (Å²) in [5.41, 5.74) is 4.97. The number of nitrogens with zero attached hydrogens (tertiary/aromatic N) is 1. The van der Waals surface area contributed by atoms with Gasteiger partial charge in [-0.2, -0.15) is 0 Å². The van der Waals surface area contributed by atoms with Gasteiger partial charge in [0.05, 0.1) is 6.42 Å². The molecule has 0 bridgehead atoms. The molecule has 0 fully saturated rings. The van der Waals surface area contributed by atoms with Gasteiger partial charge in [0.25, 0.3) is 0 Å². The third-order valence-electron chi connectivity index (χ3n) is 3.50. The highest BCUT2D eigenvalue weighted by atomic mass is 16.4. The van der Waals surface area contributed by atoms with E-state index in [1.54, 1.807) is 7.05 Å². The van der Waals surface area contributed by atoms with E-state index < -0.39 is 5.97 Å². The van der Waals surface area contributed by atoms with E-state index in [4.69, 9.17) is 5.11 Å². The van der Waals surface area contributed by atoms with Crippen LogP contribution in [0.4, 0.5) is 4.79 Å². The van der Waals surface area contributed by atoms with Crippen molar-refractivity contribution in [1.82, 2.24) is 10.2 Å². The molecule has 0 aliphatic heterocycles. The van der Waals surface area contributed by atoms with Crippen LogP contribution in [-0.2, 0) is 11.2 Å². The predicted molar refractivity (Wildman–Crippen MR) is 82.6 cm³/mol. The maximum atomic E-state index is 11.8. The number of hydrogen-bond acceptors (Lipinski definition) is 2. The van der Waals surface area contributed by atoms with Gasteiger partial charge in [0, 0.05) is 20.1 Å². The van der Waals surface area contributed by atoms with Gasteiger partial charge in [0.1, 0.15) is 0 Å².